The molecule has 0 aromatic heterocycles. The molecular formula is C4H6O3. The first-order valence-electron chi connectivity index (χ1n) is 1.65. The van der Waals surface area contributed by atoms with Gasteiger partial charge in [0.1, 0.15) is 25.0 Å². The zero-order chi connectivity index (χ0) is 5.54. The van der Waals surface area contributed by atoms with Crippen molar-refractivity contribution in [1.82, 2.24) is 0 Å². The second-order valence-electron chi connectivity index (χ2n) is 0.706. The lowest BCUT2D eigenvalue weighted by Crippen LogP contribution is -1.62. The molecule has 0 amide bonds. The maximum absolute atomic E-state index is 7.87. The molecule has 0 aliphatic carbocycles. The van der Waals surface area contributed by atoms with Crippen LogP contribution in [0, 0.1) is 0 Å². The van der Waals surface area contributed by atoms with Gasteiger partial charge in [-0.05, 0) is 0 Å². The Morgan fingerprint density at radius 3 is 1.71 bits per heavy atom. The Labute approximate surface area is 41.2 Å². The first kappa shape index (κ1) is 5.88. The molecule has 3 nitrogen and oxygen atoms in total. The summed E-state index contributed by atoms with van der Waals surface area (Å²) in [4.78, 5) is 0. The Bertz CT molecular complexity index is 65.0. The molecule has 0 unspecified atom stereocenters. The number of ether oxygens (including phenoxy) is 1. The highest BCUT2D eigenvalue weighted by atomic mass is 16.5. The van der Waals surface area contributed by atoms with E-state index >= 15 is 0 Å². The lowest BCUT2D eigenvalue weighted by atomic mass is 11.0. The van der Waals surface area contributed by atoms with Crippen LogP contribution in [0.4, 0.5) is 0 Å². The zero-order valence-corrected chi connectivity index (χ0v) is 3.61. The second-order valence-corrected chi connectivity index (χ2v) is 0.706. The van der Waals surface area contributed by atoms with Gasteiger partial charge < -0.3 is 14.9 Å². The minimum absolute atomic E-state index is 0.722. The fourth-order valence-electron chi connectivity index (χ4n) is 0.116. The SMILES string of the molecule is OC=COC=CO. The smallest absolute Gasteiger partial charge is 0.124 e. The number of hydrogen-bond donors (Lipinski definition) is 2. The minimum Gasteiger partial charge on any atom is -0.512 e. The molecule has 0 saturated carbocycles. The third-order valence-corrected chi connectivity index (χ3v) is 0.279. The largest absolute Gasteiger partial charge is 0.512 e. The van der Waals surface area contributed by atoms with Crippen molar-refractivity contribution in [3.05, 3.63) is 25.0 Å². The van der Waals surface area contributed by atoms with E-state index in [4.69, 9.17) is 10.2 Å². The van der Waals surface area contributed by atoms with Crippen molar-refractivity contribution < 1.29 is 14.9 Å². The van der Waals surface area contributed by atoms with Gasteiger partial charge in [0, 0.05) is 0 Å². The van der Waals surface area contributed by atoms with Crippen molar-refractivity contribution in [2.24, 2.45) is 0 Å². The van der Waals surface area contributed by atoms with Gasteiger partial charge in [0.05, 0.1) is 0 Å². The van der Waals surface area contributed by atoms with E-state index in [0.717, 1.165) is 25.0 Å². The van der Waals surface area contributed by atoms with Crippen molar-refractivity contribution in [1.29, 1.82) is 0 Å². The molecule has 0 fully saturated rings. The highest BCUT2D eigenvalue weighted by Crippen LogP contribution is 1.73. The van der Waals surface area contributed by atoms with Crippen LogP contribution < -0.4 is 0 Å². The van der Waals surface area contributed by atoms with E-state index in [1.807, 2.05) is 0 Å². The molecule has 0 radical (unpaired) electrons. The molecule has 40 valence electrons. The molecule has 0 bridgehead atoms. The summed E-state index contributed by atoms with van der Waals surface area (Å²) >= 11 is 0. The highest BCUT2D eigenvalue weighted by molar-refractivity contribution is 4.65. The Morgan fingerprint density at radius 1 is 1.00 bits per heavy atom. The van der Waals surface area contributed by atoms with E-state index in [-0.39, 0.29) is 0 Å². The summed E-state index contributed by atoms with van der Waals surface area (Å²) in [6.07, 6.45) is 3.49. The van der Waals surface area contributed by atoms with Crippen LogP contribution >= 0.6 is 0 Å². The quantitative estimate of drug-likeness (QED) is 0.512. The molecule has 0 heterocycles. The summed E-state index contributed by atoms with van der Waals surface area (Å²) in [5, 5.41) is 15.7. The molecule has 7 heavy (non-hydrogen) atoms. The van der Waals surface area contributed by atoms with Gasteiger partial charge in [-0.2, -0.15) is 0 Å². The molecule has 0 saturated heterocycles. The van der Waals surface area contributed by atoms with Crippen molar-refractivity contribution in [3.63, 3.8) is 0 Å². The first-order chi connectivity index (χ1) is 3.41. The normalized spacial score (nSPS) is 10.9. The number of hydrogen-bond acceptors (Lipinski definition) is 3. The predicted molar refractivity (Wildman–Crippen MR) is 24.6 cm³/mol. The van der Waals surface area contributed by atoms with Gasteiger partial charge in [0.15, 0.2) is 0 Å². The lowest BCUT2D eigenvalue weighted by Gasteiger charge is -1.80. The van der Waals surface area contributed by atoms with Gasteiger partial charge in [0.2, 0.25) is 0 Å². The summed E-state index contributed by atoms with van der Waals surface area (Å²) in [5.74, 6) is 0. The van der Waals surface area contributed by atoms with Crippen LogP contribution in [0.5, 0.6) is 0 Å². The fraction of sp³-hybridized carbons (Fsp3) is 0. The number of aliphatic hydroxyl groups excluding tert-OH is 2. The van der Waals surface area contributed by atoms with Crippen molar-refractivity contribution >= 4 is 0 Å². The maximum Gasteiger partial charge on any atom is 0.124 e. The molecule has 0 aliphatic heterocycles. The van der Waals surface area contributed by atoms with Gasteiger partial charge in [-0.25, -0.2) is 0 Å². The first-order valence-corrected chi connectivity index (χ1v) is 1.65. The summed E-state index contributed by atoms with van der Waals surface area (Å²) < 4.78 is 4.27. The third-order valence-electron chi connectivity index (χ3n) is 0.279. The molecule has 0 aromatic rings. The van der Waals surface area contributed by atoms with Gasteiger partial charge in [-0.15, -0.1) is 0 Å². The van der Waals surface area contributed by atoms with E-state index in [2.05, 4.69) is 4.74 Å². The summed E-state index contributed by atoms with van der Waals surface area (Å²) in [5.41, 5.74) is 0. The Hall–Kier alpha value is -1.12. The van der Waals surface area contributed by atoms with E-state index in [1.165, 1.54) is 0 Å². The van der Waals surface area contributed by atoms with E-state index < -0.39 is 0 Å². The van der Waals surface area contributed by atoms with Crippen LogP contribution in [0.3, 0.4) is 0 Å². The van der Waals surface area contributed by atoms with Crippen LogP contribution in [0.2, 0.25) is 0 Å². The van der Waals surface area contributed by atoms with Crippen molar-refractivity contribution in [2.75, 3.05) is 0 Å². The molecule has 0 atom stereocenters. The number of rotatable bonds is 2. The Balaban J connectivity index is 2.98. The van der Waals surface area contributed by atoms with Gasteiger partial charge >= 0.3 is 0 Å². The van der Waals surface area contributed by atoms with Crippen LogP contribution in [-0.4, -0.2) is 10.2 Å². The van der Waals surface area contributed by atoms with E-state index in [0.29, 0.717) is 0 Å². The van der Waals surface area contributed by atoms with Crippen LogP contribution in [0.15, 0.2) is 25.0 Å². The zero-order valence-electron chi connectivity index (χ0n) is 3.61. The minimum atomic E-state index is 0.722. The standard InChI is InChI=1S/C4H6O3/c5-1-3-7-4-2-6/h1-6H. The van der Waals surface area contributed by atoms with Crippen molar-refractivity contribution in [3.8, 4) is 0 Å². The highest BCUT2D eigenvalue weighted by Gasteiger charge is 1.60. The maximum atomic E-state index is 7.87. The second kappa shape index (κ2) is 4.88. The topological polar surface area (TPSA) is 49.7 Å². The average molecular weight is 102 g/mol. The molecule has 2 N–H and O–H groups in total. The molecule has 0 aliphatic rings. The lowest BCUT2D eigenvalue weighted by molar-refractivity contribution is 0.346. The average Bonchev–Trinajstić information content (AvgIpc) is 1.69. The molecule has 0 rings (SSSR count). The van der Waals surface area contributed by atoms with Crippen LogP contribution in [0.25, 0.3) is 0 Å². The summed E-state index contributed by atoms with van der Waals surface area (Å²) in [6, 6.07) is 0. The van der Waals surface area contributed by atoms with Crippen LogP contribution in [-0.2, 0) is 4.74 Å². The predicted octanol–water partition coefficient (Wildman–Crippen LogP) is 1.06. The third kappa shape index (κ3) is 4.88. The van der Waals surface area contributed by atoms with Gasteiger partial charge in [0.25, 0.3) is 0 Å². The number of aliphatic hydroxyl groups is 2. The Morgan fingerprint density at radius 2 is 1.43 bits per heavy atom. The molecule has 0 aromatic carbocycles. The fourth-order valence-corrected chi connectivity index (χ4v) is 0.116. The summed E-state index contributed by atoms with van der Waals surface area (Å²) in [6.45, 7) is 0. The van der Waals surface area contributed by atoms with E-state index in [9.17, 15) is 0 Å². The molecule has 3 heteroatoms. The van der Waals surface area contributed by atoms with Gasteiger partial charge in [-0.3, -0.25) is 0 Å². The van der Waals surface area contributed by atoms with Gasteiger partial charge in [-0.1, -0.05) is 0 Å². The van der Waals surface area contributed by atoms with E-state index in [1.54, 1.807) is 0 Å². The monoisotopic (exact) mass is 102 g/mol. The van der Waals surface area contributed by atoms with Crippen LogP contribution in [0.1, 0.15) is 0 Å². The molecular weight excluding hydrogens is 96.0 g/mol. The van der Waals surface area contributed by atoms with Crippen molar-refractivity contribution in [2.45, 2.75) is 0 Å². The Kier molecular flexibility index (Phi) is 4.10. The molecule has 0 spiro atoms. The summed E-state index contributed by atoms with van der Waals surface area (Å²) in [7, 11) is 0.